The molecule has 25 heavy (non-hydrogen) atoms. The summed E-state index contributed by atoms with van der Waals surface area (Å²) in [4.78, 5) is 43.1. The number of rotatable bonds is 8. The van der Waals surface area contributed by atoms with Gasteiger partial charge in [0, 0.05) is 38.2 Å². The summed E-state index contributed by atoms with van der Waals surface area (Å²) in [5.41, 5.74) is -0.989. The van der Waals surface area contributed by atoms with Crippen LogP contribution in [-0.4, -0.2) is 37.0 Å². The van der Waals surface area contributed by atoms with Crippen molar-refractivity contribution in [3.05, 3.63) is 44.8 Å². The summed E-state index contributed by atoms with van der Waals surface area (Å²) in [6, 6.07) is 1.25. The van der Waals surface area contributed by atoms with Gasteiger partial charge in [0.25, 0.3) is 5.56 Å². The second-order valence-corrected chi connectivity index (χ2v) is 6.16. The Balaban J connectivity index is 1.95. The van der Waals surface area contributed by atoms with Crippen LogP contribution in [0.3, 0.4) is 0 Å². The highest BCUT2D eigenvalue weighted by molar-refractivity contribution is 5.75. The van der Waals surface area contributed by atoms with Gasteiger partial charge in [-0.15, -0.1) is 0 Å². The maximum absolute atomic E-state index is 12.4. The molecule has 1 N–H and O–H groups in total. The van der Waals surface area contributed by atoms with Crippen molar-refractivity contribution in [3.8, 4) is 0 Å². The van der Waals surface area contributed by atoms with Crippen LogP contribution >= 0.6 is 0 Å². The van der Waals surface area contributed by atoms with Crippen molar-refractivity contribution in [2.75, 3.05) is 6.54 Å². The number of amides is 1. The van der Waals surface area contributed by atoms with Gasteiger partial charge in [0.2, 0.25) is 11.8 Å². The van der Waals surface area contributed by atoms with Crippen molar-refractivity contribution in [1.82, 2.24) is 24.6 Å². The highest BCUT2D eigenvalue weighted by Gasteiger charge is 2.16. The van der Waals surface area contributed by atoms with Crippen LogP contribution in [0.5, 0.6) is 0 Å². The number of carbonyl (C=O) groups is 1. The third-order valence-corrected chi connectivity index (χ3v) is 3.62. The molecule has 0 bridgehead atoms. The molecule has 0 atom stereocenters. The number of H-pyrrole nitrogens is 1. The molecule has 0 unspecified atom stereocenters. The first-order valence-electron chi connectivity index (χ1n) is 8.28. The van der Waals surface area contributed by atoms with E-state index in [2.05, 4.69) is 29.0 Å². The van der Waals surface area contributed by atoms with Crippen LogP contribution in [0.2, 0.25) is 0 Å². The zero-order chi connectivity index (χ0) is 18.4. The van der Waals surface area contributed by atoms with E-state index in [1.807, 2.05) is 6.92 Å². The first-order valence-corrected chi connectivity index (χ1v) is 8.28. The van der Waals surface area contributed by atoms with Crippen molar-refractivity contribution >= 4 is 5.91 Å². The number of aryl methyl sites for hydroxylation is 1. The lowest BCUT2D eigenvalue weighted by Gasteiger charge is -2.19. The average Bonchev–Trinajstić information content (AvgIpc) is 2.97. The maximum Gasteiger partial charge on any atom is 0.328 e. The number of hydrogen-bond donors (Lipinski definition) is 1. The minimum Gasteiger partial charge on any atom is -0.339 e. The second kappa shape index (κ2) is 8.41. The Morgan fingerprint density at radius 1 is 1.40 bits per heavy atom. The fourth-order valence-corrected chi connectivity index (χ4v) is 2.33. The number of aromatic amines is 1. The van der Waals surface area contributed by atoms with Gasteiger partial charge >= 0.3 is 5.69 Å². The van der Waals surface area contributed by atoms with E-state index < -0.39 is 11.2 Å². The van der Waals surface area contributed by atoms with E-state index >= 15 is 0 Å². The van der Waals surface area contributed by atoms with Crippen molar-refractivity contribution < 1.29 is 9.32 Å². The van der Waals surface area contributed by atoms with Crippen LogP contribution in [0.25, 0.3) is 0 Å². The van der Waals surface area contributed by atoms with Crippen LogP contribution in [-0.2, 0) is 24.3 Å². The molecule has 2 rings (SSSR count). The molecule has 136 valence electrons. The van der Waals surface area contributed by atoms with Gasteiger partial charge in [0.1, 0.15) is 0 Å². The fourth-order valence-electron chi connectivity index (χ4n) is 2.33. The normalized spacial score (nSPS) is 11.0. The van der Waals surface area contributed by atoms with Crippen molar-refractivity contribution in [3.63, 3.8) is 0 Å². The van der Waals surface area contributed by atoms with E-state index in [9.17, 15) is 14.4 Å². The molecule has 0 radical (unpaired) electrons. The summed E-state index contributed by atoms with van der Waals surface area (Å²) < 4.78 is 6.47. The molecule has 2 aromatic heterocycles. The van der Waals surface area contributed by atoms with Crippen molar-refractivity contribution in [2.24, 2.45) is 5.92 Å². The van der Waals surface area contributed by atoms with E-state index in [4.69, 9.17) is 4.52 Å². The molecule has 0 aliphatic heterocycles. The van der Waals surface area contributed by atoms with Gasteiger partial charge in [-0.05, 0) is 12.8 Å². The van der Waals surface area contributed by atoms with Gasteiger partial charge in [-0.25, -0.2) is 4.79 Å². The summed E-state index contributed by atoms with van der Waals surface area (Å²) in [5, 5.41) is 3.91. The smallest absolute Gasteiger partial charge is 0.328 e. The van der Waals surface area contributed by atoms with E-state index in [1.165, 1.54) is 16.8 Å². The zero-order valence-electron chi connectivity index (χ0n) is 14.7. The van der Waals surface area contributed by atoms with Crippen molar-refractivity contribution in [1.29, 1.82) is 0 Å². The molecular weight excluding hydrogens is 326 g/mol. The summed E-state index contributed by atoms with van der Waals surface area (Å²) in [7, 11) is 0. The Hall–Kier alpha value is -2.71. The summed E-state index contributed by atoms with van der Waals surface area (Å²) >= 11 is 0. The molecule has 1 amide bonds. The lowest BCUT2D eigenvalue weighted by atomic mass is 10.1. The summed E-state index contributed by atoms with van der Waals surface area (Å²) in [6.07, 6.45) is 2.21. The number of aromatic nitrogens is 4. The molecule has 0 fully saturated rings. The molecule has 0 spiro atoms. The maximum atomic E-state index is 12.4. The van der Waals surface area contributed by atoms with Crippen LogP contribution in [0.15, 0.2) is 26.4 Å². The lowest BCUT2D eigenvalue weighted by molar-refractivity contribution is -0.132. The quantitative estimate of drug-likeness (QED) is 0.745. The third kappa shape index (κ3) is 5.40. The number of nitrogens with zero attached hydrogens (tertiary/aromatic N) is 4. The van der Waals surface area contributed by atoms with E-state index in [0.29, 0.717) is 30.6 Å². The van der Waals surface area contributed by atoms with Crippen LogP contribution in [0.4, 0.5) is 0 Å². The minimum atomic E-state index is -0.528. The largest absolute Gasteiger partial charge is 0.339 e. The molecule has 2 heterocycles. The summed E-state index contributed by atoms with van der Waals surface area (Å²) in [5.74, 6) is 1.31. The summed E-state index contributed by atoms with van der Waals surface area (Å²) in [6.45, 7) is 6.93. The molecule has 0 saturated heterocycles. The molecule has 0 aliphatic carbocycles. The molecule has 0 saturated carbocycles. The Kier molecular flexibility index (Phi) is 6.26. The molecule has 0 aromatic carbocycles. The SMILES string of the molecule is CCN(Cc1noc(CC(C)C)n1)C(=O)CCn1ccc(=O)[nH]c1=O. The van der Waals surface area contributed by atoms with Crippen LogP contribution in [0, 0.1) is 5.92 Å². The van der Waals surface area contributed by atoms with Gasteiger partial charge in [0.05, 0.1) is 6.54 Å². The first kappa shape index (κ1) is 18.6. The van der Waals surface area contributed by atoms with Crippen LogP contribution in [0.1, 0.15) is 38.9 Å². The minimum absolute atomic E-state index is 0.129. The second-order valence-electron chi connectivity index (χ2n) is 6.16. The van der Waals surface area contributed by atoms with Gasteiger partial charge in [-0.1, -0.05) is 19.0 Å². The highest BCUT2D eigenvalue weighted by atomic mass is 16.5. The lowest BCUT2D eigenvalue weighted by Crippen LogP contribution is -2.34. The predicted molar refractivity (Wildman–Crippen MR) is 89.9 cm³/mol. The Morgan fingerprint density at radius 3 is 2.80 bits per heavy atom. The number of carbonyl (C=O) groups excluding carboxylic acids is 1. The van der Waals surface area contributed by atoms with Gasteiger partial charge < -0.3 is 14.0 Å². The third-order valence-electron chi connectivity index (χ3n) is 3.62. The average molecular weight is 349 g/mol. The highest BCUT2D eigenvalue weighted by Crippen LogP contribution is 2.08. The Labute approximate surface area is 144 Å². The van der Waals surface area contributed by atoms with Gasteiger partial charge in [-0.3, -0.25) is 14.6 Å². The number of nitrogens with one attached hydrogen (secondary N) is 1. The van der Waals surface area contributed by atoms with Gasteiger partial charge in [0.15, 0.2) is 5.82 Å². The standard InChI is InChI=1S/C16H23N5O4/c1-4-20(10-12-17-14(25-19-12)9-11(2)3)15(23)6-8-21-7-5-13(22)18-16(21)24/h5,7,11H,4,6,8-10H2,1-3H3,(H,18,22,24). The fraction of sp³-hybridized carbons (Fsp3) is 0.562. The van der Waals surface area contributed by atoms with Crippen molar-refractivity contribution in [2.45, 2.75) is 46.7 Å². The van der Waals surface area contributed by atoms with Crippen LogP contribution < -0.4 is 11.2 Å². The first-order chi connectivity index (χ1) is 11.9. The molecule has 9 nitrogen and oxygen atoms in total. The van der Waals surface area contributed by atoms with E-state index in [0.717, 1.165) is 0 Å². The predicted octanol–water partition coefficient (Wildman–Crippen LogP) is 0.557. The monoisotopic (exact) mass is 349 g/mol. The molecule has 9 heteroatoms. The molecule has 0 aliphatic rings. The Bertz CT molecular complexity index is 820. The van der Waals surface area contributed by atoms with E-state index in [-0.39, 0.29) is 25.4 Å². The zero-order valence-corrected chi connectivity index (χ0v) is 14.7. The Morgan fingerprint density at radius 2 is 2.16 bits per heavy atom. The molecule has 2 aromatic rings. The van der Waals surface area contributed by atoms with E-state index in [1.54, 1.807) is 4.90 Å². The number of hydrogen-bond acceptors (Lipinski definition) is 6. The molecular formula is C16H23N5O4. The topological polar surface area (TPSA) is 114 Å². The van der Waals surface area contributed by atoms with Gasteiger partial charge in [-0.2, -0.15) is 4.98 Å².